The van der Waals surface area contributed by atoms with Crippen molar-refractivity contribution in [3.05, 3.63) is 240 Å². The first-order valence-corrected chi connectivity index (χ1v) is 23.4. The fraction of sp³-hybridized carbons (Fsp3) is 0.123. The van der Waals surface area contributed by atoms with Gasteiger partial charge in [0, 0.05) is 38.9 Å². The van der Waals surface area contributed by atoms with E-state index in [0.717, 1.165) is 35.4 Å². The molecule has 0 radical (unpaired) electrons. The van der Waals surface area contributed by atoms with Crippen LogP contribution in [0.1, 0.15) is 49.3 Å². The number of fused-ring (bicyclic) bond motifs is 8. The van der Waals surface area contributed by atoms with Crippen LogP contribution in [0.2, 0.25) is 0 Å². The third-order valence-corrected chi connectivity index (χ3v) is 18.7. The zero-order chi connectivity index (χ0) is 40.4. The number of allylic oxidation sites excluding steroid dienone is 12. The van der Waals surface area contributed by atoms with Crippen LogP contribution in [0.5, 0.6) is 0 Å². The molecule has 0 spiro atoms. The Labute approximate surface area is 354 Å². The summed E-state index contributed by atoms with van der Waals surface area (Å²) in [6.07, 6.45) is 25.3. The van der Waals surface area contributed by atoms with E-state index in [2.05, 4.69) is 236 Å². The SMILES string of the molecule is C=C1/C=C\C=C(\[Si](C2=CC=CCC2)(c2ccccc2)c2cccc(-n3c4ccccc4c4c5c(ccc43)C(C)(C)C3C=CC=CC53)c2)N(c2ccccc2)c2ccccc21. The van der Waals surface area contributed by atoms with Gasteiger partial charge in [0.25, 0.3) is 0 Å². The Hall–Kier alpha value is -6.68. The van der Waals surface area contributed by atoms with Gasteiger partial charge in [-0.1, -0.05) is 183 Å². The maximum Gasteiger partial charge on any atom is 0.195 e. The molecule has 290 valence electrons. The summed E-state index contributed by atoms with van der Waals surface area (Å²) in [5, 5.41) is 8.24. The van der Waals surface area contributed by atoms with Crippen LogP contribution in [-0.2, 0) is 5.41 Å². The highest BCUT2D eigenvalue weighted by atomic mass is 28.3. The van der Waals surface area contributed by atoms with Crippen molar-refractivity contribution in [3.8, 4) is 5.69 Å². The molecule has 0 saturated carbocycles. The minimum atomic E-state index is -3.09. The van der Waals surface area contributed by atoms with Gasteiger partial charge in [-0.15, -0.1) is 0 Å². The molecule has 7 aromatic rings. The maximum atomic E-state index is 4.56. The monoisotopic (exact) mass is 788 g/mol. The molecule has 11 rings (SSSR count). The first kappa shape index (κ1) is 36.4. The highest BCUT2D eigenvalue weighted by Gasteiger charge is 2.49. The lowest BCUT2D eigenvalue weighted by atomic mass is 9.74. The van der Waals surface area contributed by atoms with E-state index in [1.807, 2.05) is 0 Å². The smallest absolute Gasteiger partial charge is 0.195 e. The lowest BCUT2D eigenvalue weighted by Crippen LogP contribution is -2.65. The molecule has 2 nitrogen and oxygen atoms in total. The van der Waals surface area contributed by atoms with E-state index in [0.29, 0.717) is 11.8 Å². The van der Waals surface area contributed by atoms with E-state index in [1.165, 1.54) is 59.5 Å². The fourth-order valence-corrected chi connectivity index (χ4v) is 16.3. The Morgan fingerprint density at radius 1 is 0.650 bits per heavy atom. The Bertz CT molecular complexity index is 3040. The second-order valence-electron chi connectivity index (χ2n) is 17.3. The quantitative estimate of drug-likeness (QED) is 0.152. The Morgan fingerprint density at radius 3 is 2.22 bits per heavy atom. The van der Waals surface area contributed by atoms with E-state index in [4.69, 9.17) is 0 Å². The van der Waals surface area contributed by atoms with Crippen LogP contribution < -0.4 is 15.3 Å². The molecule has 1 aliphatic heterocycles. The van der Waals surface area contributed by atoms with Gasteiger partial charge in [0.15, 0.2) is 8.07 Å². The van der Waals surface area contributed by atoms with Gasteiger partial charge in [0.05, 0.1) is 16.7 Å². The first-order chi connectivity index (χ1) is 29.5. The average Bonchev–Trinajstić information content (AvgIpc) is 3.76. The normalized spacial score (nSPS) is 21.3. The van der Waals surface area contributed by atoms with Gasteiger partial charge in [0.1, 0.15) is 0 Å². The largest absolute Gasteiger partial charge is 0.317 e. The highest BCUT2D eigenvalue weighted by molar-refractivity contribution is 7.12. The second kappa shape index (κ2) is 14.3. The molecular weight excluding hydrogens is 741 g/mol. The van der Waals surface area contributed by atoms with Crippen molar-refractivity contribution in [2.45, 2.75) is 38.0 Å². The first-order valence-electron chi connectivity index (χ1n) is 21.4. The minimum absolute atomic E-state index is 0.0387. The molecule has 0 saturated heterocycles. The maximum absolute atomic E-state index is 4.56. The summed E-state index contributed by atoms with van der Waals surface area (Å²) < 4.78 is 2.55. The standard InChI is InChI=1S/C57H48N2Si/c1-40-21-19-36-54(59(41-22-7-4-8-23-41)51-34-17-14-30-46(40)51)60(43-25-9-5-10-26-43,44-27-11-6-12-28-44)45-29-20-24-42(39-45)58-52-35-18-15-32-48(52)56-53(58)38-37-50-55(56)47-31-13-16-33-49(47)57(50,2)3/h4-11,13-27,29-39,47,49H,1,12,28H2,2-3H3/b21-19-,54-36+. The molecule has 0 bridgehead atoms. The lowest BCUT2D eigenvalue weighted by Gasteiger charge is -2.44. The van der Waals surface area contributed by atoms with Gasteiger partial charge in [-0.05, 0) is 99.8 Å². The van der Waals surface area contributed by atoms with E-state index >= 15 is 0 Å². The van der Waals surface area contributed by atoms with Crippen LogP contribution in [0.4, 0.5) is 11.4 Å². The molecule has 3 atom stereocenters. The summed E-state index contributed by atoms with van der Waals surface area (Å²) in [5.74, 6) is 0.783. The molecule has 6 aromatic carbocycles. The van der Waals surface area contributed by atoms with E-state index in [9.17, 15) is 0 Å². The van der Waals surface area contributed by atoms with E-state index < -0.39 is 8.07 Å². The number of rotatable bonds is 6. The molecule has 3 aliphatic carbocycles. The summed E-state index contributed by atoms with van der Waals surface area (Å²) >= 11 is 0. The molecule has 60 heavy (non-hydrogen) atoms. The van der Waals surface area contributed by atoms with Crippen LogP contribution in [0.15, 0.2) is 223 Å². The highest BCUT2D eigenvalue weighted by Crippen LogP contribution is 2.56. The molecule has 3 heteroatoms. The number of nitrogens with zero attached hydrogens (tertiary/aromatic N) is 2. The molecular formula is C57H48N2Si. The van der Waals surface area contributed by atoms with Gasteiger partial charge in [0.2, 0.25) is 0 Å². The van der Waals surface area contributed by atoms with Crippen molar-refractivity contribution in [2.24, 2.45) is 5.92 Å². The summed E-state index contributed by atoms with van der Waals surface area (Å²) in [6, 6.07) is 54.7. The number of hydrogen-bond donors (Lipinski definition) is 0. The molecule has 1 aromatic heterocycles. The molecule has 0 amide bonds. The van der Waals surface area contributed by atoms with Crippen molar-refractivity contribution in [1.29, 1.82) is 0 Å². The molecule has 0 N–H and O–H groups in total. The van der Waals surface area contributed by atoms with E-state index in [-0.39, 0.29) is 5.41 Å². The molecule has 4 aliphatic rings. The van der Waals surface area contributed by atoms with E-state index in [1.54, 1.807) is 0 Å². The summed E-state index contributed by atoms with van der Waals surface area (Å²) in [6.45, 7) is 9.43. The summed E-state index contributed by atoms with van der Waals surface area (Å²) in [5.41, 5.74) is 11.1. The van der Waals surface area contributed by atoms with Gasteiger partial charge < -0.3 is 9.47 Å². The number of hydrogen-bond acceptors (Lipinski definition) is 1. The van der Waals surface area contributed by atoms with Crippen LogP contribution in [0, 0.1) is 5.92 Å². The van der Waals surface area contributed by atoms with Crippen LogP contribution >= 0.6 is 0 Å². The van der Waals surface area contributed by atoms with Gasteiger partial charge in [-0.25, -0.2) is 0 Å². The molecule has 0 fully saturated rings. The van der Waals surface area contributed by atoms with Gasteiger partial charge in [-0.3, -0.25) is 0 Å². The van der Waals surface area contributed by atoms with Crippen molar-refractivity contribution >= 4 is 57.2 Å². The number of para-hydroxylation sites is 3. The summed E-state index contributed by atoms with van der Waals surface area (Å²) in [7, 11) is -3.09. The van der Waals surface area contributed by atoms with Crippen LogP contribution in [0.25, 0.3) is 33.1 Å². The van der Waals surface area contributed by atoms with Crippen molar-refractivity contribution in [2.75, 3.05) is 4.90 Å². The van der Waals surface area contributed by atoms with Crippen LogP contribution in [0.3, 0.4) is 0 Å². The number of benzene rings is 6. The number of aromatic nitrogens is 1. The third kappa shape index (κ3) is 5.39. The lowest BCUT2D eigenvalue weighted by molar-refractivity contribution is 0.394. The average molecular weight is 789 g/mol. The Kier molecular flexibility index (Phi) is 8.65. The molecule has 2 heterocycles. The minimum Gasteiger partial charge on any atom is -0.317 e. The topological polar surface area (TPSA) is 8.17 Å². The van der Waals surface area contributed by atoms with Gasteiger partial charge >= 0.3 is 0 Å². The zero-order valence-electron chi connectivity index (χ0n) is 34.3. The third-order valence-electron chi connectivity index (χ3n) is 13.8. The van der Waals surface area contributed by atoms with Crippen molar-refractivity contribution in [1.82, 2.24) is 4.57 Å². The van der Waals surface area contributed by atoms with Crippen molar-refractivity contribution < 1.29 is 0 Å². The Morgan fingerprint density at radius 2 is 1.38 bits per heavy atom. The van der Waals surface area contributed by atoms with Crippen LogP contribution in [-0.4, -0.2) is 12.6 Å². The molecule has 3 unspecified atom stereocenters. The Balaban J connectivity index is 1.23. The van der Waals surface area contributed by atoms with Gasteiger partial charge in [-0.2, -0.15) is 0 Å². The fourth-order valence-electron chi connectivity index (χ4n) is 11.1. The number of anilines is 2. The van der Waals surface area contributed by atoms with Crippen molar-refractivity contribution in [3.63, 3.8) is 0 Å². The predicted molar refractivity (Wildman–Crippen MR) is 258 cm³/mol. The summed E-state index contributed by atoms with van der Waals surface area (Å²) in [4.78, 5) is 2.56. The predicted octanol–water partition coefficient (Wildman–Crippen LogP) is 13.1. The second-order valence-corrected chi connectivity index (χ2v) is 21.1. The zero-order valence-corrected chi connectivity index (χ0v) is 35.3.